The van der Waals surface area contributed by atoms with Gasteiger partial charge in [-0.1, -0.05) is 98.8 Å². The maximum atomic E-state index is 12.8. The Kier molecular flexibility index (Phi) is 12.1. The van der Waals surface area contributed by atoms with Crippen LogP contribution in [0, 0.1) is 22.7 Å². The molecule has 1 rings (SSSR count). The lowest BCUT2D eigenvalue weighted by Gasteiger charge is -2.34. The van der Waals surface area contributed by atoms with E-state index in [9.17, 15) is 18.3 Å². The first-order chi connectivity index (χ1) is 15.7. The largest absolute Gasteiger partial charge is 0.464 e. The first-order valence-corrected chi connectivity index (χ1v) is 14.0. The van der Waals surface area contributed by atoms with Gasteiger partial charge in [-0.05, 0) is 54.1 Å². The highest BCUT2D eigenvalue weighted by Gasteiger charge is 2.33. The van der Waals surface area contributed by atoms with Crippen LogP contribution in [0.4, 0.5) is 10.5 Å². The van der Waals surface area contributed by atoms with Crippen LogP contribution in [0.3, 0.4) is 0 Å². The van der Waals surface area contributed by atoms with Crippen molar-refractivity contribution in [3.05, 3.63) is 30.3 Å². The maximum absolute atomic E-state index is 12.8. The summed E-state index contributed by atoms with van der Waals surface area (Å²) < 4.78 is 31.3. The molecule has 2 unspecified atom stereocenters. The summed E-state index contributed by atoms with van der Waals surface area (Å²) in [5, 5.41) is 9.54. The average Bonchev–Trinajstić information content (AvgIpc) is 2.70. The minimum Gasteiger partial charge on any atom is -0.464 e. The lowest BCUT2D eigenvalue weighted by atomic mass is 9.73. The van der Waals surface area contributed by atoms with Crippen LogP contribution in [0.15, 0.2) is 30.3 Å². The second-order valence-electron chi connectivity index (χ2n) is 11.5. The molecule has 0 spiro atoms. The Morgan fingerprint density at radius 2 is 1.41 bits per heavy atom. The van der Waals surface area contributed by atoms with Gasteiger partial charge in [-0.15, -0.1) is 4.31 Å². The summed E-state index contributed by atoms with van der Waals surface area (Å²) in [5.74, 6) is 0.601. The number of hydrogen-bond donors (Lipinski definition) is 1. The molecule has 2 atom stereocenters. The van der Waals surface area contributed by atoms with Crippen LogP contribution in [-0.4, -0.2) is 26.2 Å². The van der Waals surface area contributed by atoms with Crippen LogP contribution in [0.5, 0.6) is 0 Å². The molecule has 34 heavy (non-hydrogen) atoms. The van der Waals surface area contributed by atoms with Gasteiger partial charge >= 0.3 is 16.4 Å². The Balaban J connectivity index is 2.82. The van der Waals surface area contributed by atoms with E-state index in [1.54, 1.807) is 18.2 Å². The summed E-state index contributed by atoms with van der Waals surface area (Å²) in [6.45, 7) is 15.3. The third-order valence-electron chi connectivity index (χ3n) is 6.77. The molecule has 196 valence electrons. The van der Waals surface area contributed by atoms with Crippen LogP contribution in [0.25, 0.3) is 0 Å². The van der Waals surface area contributed by atoms with E-state index < -0.39 is 16.4 Å². The van der Waals surface area contributed by atoms with Crippen molar-refractivity contribution >= 4 is 22.1 Å². The third-order valence-corrected chi connectivity index (χ3v) is 8.02. The third kappa shape index (κ3) is 10.3. The molecule has 0 saturated carbocycles. The Labute approximate surface area is 208 Å². The van der Waals surface area contributed by atoms with Gasteiger partial charge in [0.25, 0.3) is 0 Å². The van der Waals surface area contributed by atoms with Crippen LogP contribution in [-0.2, 0) is 14.5 Å². The van der Waals surface area contributed by atoms with Crippen LogP contribution >= 0.6 is 0 Å². The van der Waals surface area contributed by atoms with Crippen LogP contribution in [0.2, 0.25) is 0 Å². The average molecular weight is 498 g/mol. The van der Waals surface area contributed by atoms with Crippen molar-refractivity contribution in [3.63, 3.8) is 0 Å². The van der Waals surface area contributed by atoms with E-state index in [1.165, 1.54) is 44.2 Å². The molecule has 1 amide bonds. The summed E-state index contributed by atoms with van der Waals surface area (Å²) in [7, 11) is -4.48. The maximum Gasteiger partial charge on any atom is 0.427 e. The quantitative estimate of drug-likeness (QED) is 0.264. The predicted molar refractivity (Wildman–Crippen MR) is 140 cm³/mol. The number of para-hydroxylation sites is 1. The monoisotopic (exact) mass is 497 g/mol. The molecule has 0 bridgehead atoms. The summed E-state index contributed by atoms with van der Waals surface area (Å²) in [5.41, 5.74) is 0.105. The molecule has 1 aromatic carbocycles. The Hall–Kier alpha value is -1.60. The highest BCUT2D eigenvalue weighted by Crippen LogP contribution is 2.37. The molecule has 0 aliphatic heterocycles. The van der Waals surface area contributed by atoms with Gasteiger partial charge in [0.1, 0.15) is 0 Å². The molecule has 0 aromatic heterocycles. The van der Waals surface area contributed by atoms with E-state index in [0.29, 0.717) is 10.2 Å². The van der Waals surface area contributed by atoms with Crippen molar-refractivity contribution in [1.82, 2.24) is 0 Å². The van der Waals surface area contributed by atoms with Crippen LogP contribution < -0.4 is 4.31 Å². The SMILES string of the molecule is CCCCCCC(CCCC(COS(=O)(=O)N(C(=O)O)c1ccccc1)C(C)(C)C)C(C)(C)C. The molecule has 0 radical (unpaired) electrons. The van der Waals surface area contributed by atoms with E-state index in [1.807, 2.05) is 0 Å². The van der Waals surface area contributed by atoms with Gasteiger partial charge in [0, 0.05) is 0 Å². The molecule has 1 aromatic rings. The van der Waals surface area contributed by atoms with E-state index >= 15 is 0 Å². The number of carbonyl (C=O) groups is 1. The molecular formula is C27H47NO5S. The fourth-order valence-electron chi connectivity index (χ4n) is 4.32. The van der Waals surface area contributed by atoms with Crippen molar-refractivity contribution in [2.45, 2.75) is 99.8 Å². The highest BCUT2D eigenvalue weighted by molar-refractivity contribution is 7.89. The summed E-state index contributed by atoms with van der Waals surface area (Å²) in [6.07, 6.45) is 7.60. The standard InChI is InChI=1S/C27H47NO5S/c1-8-9-10-12-16-22(26(2,3)4)17-15-18-23(27(5,6)7)21-33-34(31,32)28(25(29)30)24-19-13-11-14-20-24/h11,13-14,19-20,22-23H,8-10,12,15-18,21H2,1-7H3,(H,29,30). The molecule has 0 heterocycles. The number of anilines is 1. The zero-order valence-electron chi connectivity index (χ0n) is 22.3. The van der Waals surface area contributed by atoms with Gasteiger partial charge in [0.2, 0.25) is 0 Å². The van der Waals surface area contributed by atoms with Gasteiger partial charge in [-0.2, -0.15) is 8.42 Å². The van der Waals surface area contributed by atoms with E-state index in [0.717, 1.165) is 19.3 Å². The molecule has 0 fully saturated rings. The molecule has 0 aliphatic rings. The Morgan fingerprint density at radius 1 is 0.882 bits per heavy atom. The summed E-state index contributed by atoms with van der Waals surface area (Å²) in [6, 6.07) is 7.74. The van der Waals surface area contributed by atoms with Gasteiger partial charge in [-0.25, -0.2) is 4.79 Å². The topological polar surface area (TPSA) is 83.9 Å². The number of unbranched alkanes of at least 4 members (excludes halogenated alkanes) is 3. The van der Waals surface area contributed by atoms with Crippen molar-refractivity contribution in [1.29, 1.82) is 0 Å². The summed E-state index contributed by atoms with van der Waals surface area (Å²) in [4.78, 5) is 11.7. The molecule has 0 aliphatic carbocycles. The van der Waals surface area contributed by atoms with E-state index in [2.05, 4.69) is 48.5 Å². The molecular weight excluding hydrogens is 450 g/mol. The smallest absolute Gasteiger partial charge is 0.427 e. The van der Waals surface area contributed by atoms with E-state index in [-0.39, 0.29) is 29.0 Å². The zero-order chi connectivity index (χ0) is 26.0. The first kappa shape index (κ1) is 30.4. The molecule has 1 N–H and O–H groups in total. The zero-order valence-corrected chi connectivity index (χ0v) is 23.2. The minimum atomic E-state index is -4.48. The Bertz CT molecular complexity index is 825. The van der Waals surface area contributed by atoms with Crippen LogP contribution in [0.1, 0.15) is 99.8 Å². The van der Waals surface area contributed by atoms with Gasteiger partial charge in [0.05, 0.1) is 12.3 Å². The fourth-order valence-corrected chi connectivity index (χ4v) is 5.34. The number of amides is 1. The number of hydrogen-bond acceptors (Lipinski definition) is 4. The second-order valence-corrected chi connectivity index (χ2v) is 13.0. The van der Waals surface area contributed by atoms with Crippen molar-refractivity contribution in [2.75, 3.05) is 10.9 Å². The minimum absolute atomic E-state index is 0.0191. The fraction of sp³-hybridized carbons (Fsp3) is 0.741. The molecule has 7 heteroatoms. The first-order valence-electron chi connectivity index (χ1n) is 12.7. The van der Waals surface area contributed by atoms with Gasteiger partial charge in [0.15, 0.2) is 0 Å². The van der Waals surface area contributed by atoms with Crippen molar-refractivity contribution in [3.8, 4) is 0 Å². The summed E-state index contributed by atoms with van der Waals surface area (Å²) >= 11 is 0. The van der Waals surface area contributed by atoms with Gasteiger partial charge in [-0.3, -0.25) is 4.18 Å². The lowest BCUT2D eigenvalue weighted by molar-refractivity contribution is 0.129. The lowest BCUT2D eigenvalue weighted by Crippen LogP contribution is -2.39. The van der Waals surface area contributed by atoms with Gasteiger partial charge < -0.3 is 5.11 Å². The van der Waals surface area contributed by atoms with E-state index in [4.69, 9.17) is 4.18 Å². The normalized spacial score (nSPS) is 14.6. The number of carboxylic acid groups (broad SMARTS) is 1. The number of benzene rings is 1. The van der Waals surface area contributed by atoms with Crippen molar-refractivity contribution < 1.29 is 22.5 Å². The second kappa shape index (κ2) is 13.5. The highest BCUT2D eigenvalue weighted by atomic mass is 32.2. The predicted octanol–water partition coefficient (Wildman–Crippen LogP) is 7.90. The van der Waals surface area contributed by atoms with Crippen molar-refractivity contribution in [2.24, 2.45) is 22.7 Å². The molecule has 0 saturated heterocycles. The number of rotatable bonds is 14. The Morgan fingerprint density at radius 3 is 1.91 bits per heavy atom. The molecule has 6 nitrogen and oxygen atoms in total. The number of nitrogens with zero attached hydrogens (tertiary/aromatic N) is 1.